The van der Waals surface area contributed by atoms with Gasteiger partial charge in [0.25, 0.3) is 0 Å². The van der Waals surface area contributed by atoms with Gasteiger partial charge in [-0.1, -0.05) is 36.4 Å². The summed E-state index contributed by atoms with van der Waals surface area (Å²) < 4.78 is 5.23. The number of piperidine rings is 1. The number of benzene rings is 2. The molecule has 6 nitrogen and oxygen atoms in total. The predicted octanol–water partition coefficient (Wildman–Crippen LogP) is 2.98. The summed E-state index contributed by atoms with van der Waals surface area (Å²) in [5.74, 6) is 0.681. The molecule has 2 N–H and O–H groups in total. The fourth-order valence-corrected chi connectivity index (χ4v) is 3.48. The number of rotatable bonds is 6. The molecule has 2 aromatic rings. The molecule has 1 fully saturated rings. The van der Waals surface area contributed by atoms with Gasteiger partial charge in [-0.05, 0) is 30.5 Å². The maximum absolute atomic E-state index is 13.1. The lowest BCUT2D eigenvalue weighted by Gasteiger charge is -2.34. The minimum atomic E-state index is -0.471. The lowest BCUT2D eigenvalue weighted by Crippen LogP contribution is -2.47. The average molecular weight is 381 g/mol. The minimum absolute atomic E-state index is 0.105. The van der Waals surface area contributed by atoms with Crippen LogP contribution in [0.15, 0.2) is 54.6 Å². The zero-order valence-corrected chi connectivity index (χ0v) is 16.4. The summed E-state index contributed by atoms with van der Waals surface area (Å²) in [6, 6.07) is 16.7. The molecule has 1 aliphatic rings. The normalized spacial score (nSPS) is 15.7. The van der Waals surface area contributed by atoms with Gasteiger partial charge in [-0.3, -0.25) is 14.9 Å². The molecule has 0 unspecified atom stereocenters. The topological polar surface area (TPSA) is 70.7 Å². The molecule has 0 spiro atoms. The predicted molar refractivity (Wildman–Crippen MR) is 109 cm³/mol. The smallest absolute Gasteiger partial charge is 0.246 e. The van der Waals surface area contributed by atoms with E-state index in [0.717, 1.165) is 18.4 Å². The van der Waals surface area contributed by atoms with E-state index in [0.29, 0.717) is 24.5 Å². The number of methoxy groups -OCH3 is 1. The standard InChI is InChI=1S/C22H27N3O3/c1-16(26)25-13-11-18(12-14-25)23-21(17-7-4-3-5-8-17)22(27)24-19-9-6-10-20(15-19)28-2/h3-10,15,18,21,23H,11-14H2,1-2H3,(H,24,27)/t21-/m1/s1. The maximum Gasteiger partial charge on any atom is 0.246 e. The summed E-state index contributed by atoms with van der Waals surface area (Å²) in [5.41, 5.74) is 1.61. The van der Waals surface area contributed by atoms with Crippen LogP contribution >= 0.6 is 0 Å². The fourth-order valence-electron chi connectivity index (χ4n) is 3.48. The van der Waals surface area contributed by atoms with Crippen LogP contribution in [0.5, 0.6) is 5.75 Å². The van der Waals surface area contributed by atoms with Crippen molar-refractivity contribution in [2.45, 2.75) is 31.8 Å². The highest BCUT2D eigenvalue weighted by Crippen LogP contribution is 2.22. The first kappa shape index (κ1) is 19.9. The van der Waals surface area contributed by atoms with Crippen molar-refractivity contribution in [2.24, 2.45) is 0 Å². The molecule has 1 heterocycles. The van der Waals surface area contributed by atoms with Crippen molar-refractivity contribution < 1.29 is 14.3 Å². The lowest BCUT2D eigenvalue weighted by molar-refractivity contribution is -0.130. The molecule has 148 valence electrons. The molecular weight excluding hydrogens is 354 g/mol. The summed E-state index contributed by atoms with van der Waals surface area (Å²) in [7, 11) is 1.60. The molecule has 1 saturated heterocycles. The van der Waals surface area contributed by atoms with E-state index in [4.69, 9.17) is 4.74 Å². The molecule has 2 aromatic carbocycles. The third-order valence-electron chi connectivity index (χ3n) is 5.08. The van der Waals surface area contributed by atoms with Crippen LogP contribution in [-0.2, 0) is 9.59 Å². The fraction of sp³-hybridized carbons (Fsp3) is 0.364. The Morgan fingerprint density at radius 3 is 2.43 bits per heavy atom. The first-order valence-corrected chi connectivity index (χ1v) is 9.58. The van der Waals surface area contributed by atoms with Gasteiger partial charge in [0.2, 0.25) is 11.8 Å². The first-order valence-electron chi connectivity index (χ1n) is 9.58. The Morgan fingerprint density at radius 1 is 1.07 bits per heavy atom. The van der Waals surface area contributed by atoms with Crippen molar-refractivity contribution in [3.05, 3.63) is 60.2 Å². The van der Waals surface area contributed by atoms with Crippen LogP contribution in [0.2, 0.25) is 0 Å². The molecule has 0 aliphatic carbocycles. The van der Waals surface area contributed by atoms with E-state index >= 15 is 0 Å². The second-order valence-corrected chi connectivity index (χ2v) is 7.01. The van der Waals surface area contributed by atoms with E-state index in [1.54, 1.807) is 20.1 Å². The molecule has 0 bridgehead atoms. The zero-order valence-electron chi connectivity index (χ0n) is 16.4. The van der Waals surface area contributed by atoms with Crippen molar-refractivity contribution in [2.75, 3.05) is 25.5 Å². The summed E-state index contributed by atoms with van der Waals surface area (Å²) in [5, 5.41) is 6.48. The second-order valence-electron chi connectivity index (χ2n) is 7.01. The number of ether oxygens (including phenoxy) is 1. The highest BCUT2D eigenvalue weighted by atomic mass is 16.5. The van der Waals surface area contributed by atoms with Gasteiger partial charge in [-0.15, -0.1) is 0 Å². The molecular formula is C22H27N3O3. The summed E-state index contributed by atoms with van der Waals surface area (Å²) >= 11 is 0. The third kappa shape index (κ3) is 5.10. The van der Waals surface area contributed by atoms with Crippen LogP contribution in [0.25, 0.3) is 0 Å². The van der Waals surface area contributed by atoms with Gasteiger partial charge < -0.3 is 15.0 Å². The Bertz CT molecular complexity index is 802. The number of nitrogens with zero attached hydrogens (tertiary/aromatic N) is 1. The van der Waals surface area contributed by atoms with Crippen molar-refractivity contribution in [3.63, 3.8) is 0 Å². The minimum Gasteiger partial charge on any atom is -0.497 e. The van der Waals surface area contributed by atoms with Gasteiger partial charge in [0.05, 0.1) is 7.11 Å². The summed E-state index contributed by atoms with van der Waals surface area (Å²) in [6.07, 6.45) is 1.66. The van der Waals surface area contributed by atoms with E-state index < -0.39 is 6.04 Å². The monoisotopic (exact) mass is 381 g/mol. The summed E-state index contributed by atoms with van der Waals surface area (Å²) in [4.78, 5) is 26.5. The van der Waals surface area contributed by atoms with Gasteiger partial charge in [0.1, 0.15) is 11.8 Å². The SMILES string of the molecule is COc1cccc(NC(=O)[C@H](NC2CCN(C(C)=O)CC2)c2ccccc2)c1. The maximum atomic E-state index is 13.1. The molecule has 0 radical (unpaired) electrons. The van der Waals surface area contributed by atoms with E-state index in [1.807, 2.05) is 53.4 Å². The molecule has 28 heavy (non-hydrogen) atoms. The number of hydrogen-bond acceptors (Lipinski definition) is 4. The van der Waals surface area contributed by atoms with Crippen LogP contribution in [0.1, 0.15) is 31.4 Å². The Labute approximate surface area is 165 Å². The number of carbonyl (C=O) groups is 2. The number of hydrogen-bond donors (Lipinski definition) is 2. The van der Waals surface area contributed by atoms with Crippen LogP contribution in [-0.4, -0.2) is 43.0 Å². The van der Waals surface area contributed by atoms with E-state index in [9.17, 15) is 9.59 Å². The Balaban J connectivity index is 1.72. The Morgan fingerprint density at radius 2 is 1.79 bits per heavy atom. The number of carbonyl (C=O) groups excluding carboxylic acids is 2. The van der Waals surface area contributed by atoms with Gasteiger partial charge in [0, 0.05) is 37.8 Å². The van der Waals surface area contributed by atoms with E-state index in [1.165, 1.54) is 0 Å². The number of nitrogens with one attached hydrogen (secondary N) is 2. The number of likely N-dealkylation sites (tertiary alicyclic amines) is 1. The summed E-state index contributed by atoms with van der Waals surface area (Å²) in [6.45, 7) is 3.03. The van der Waals surface area contributed by atoms with Crippen molar-refractivity contribution in [3.8, 4) is 5.75 Å². The van der Waals surface area contributed by atoms with Crippen LogP contribution in [0.3, 0.4) is 0 Å². The lowest BCUT2D eigenvalue weighted by atomic mass is 10.00. The van der Waals surface area contributed by atoms with Crippen LogP contribution in [0, 0.1) is 0 Å². The first-order chi connectivity index (χ1) is 13.6. The van der Waals surface area contributed by atoms with E-state index in [-0.39, 0.29) is 17.9 Å². The Hall–Kier alpha value is -2.86. The van der Waals surface area contributed by atoms with Crippen molar-refractivity contribution in [1.29, 1.82) is 0 Å². The molecule has 6 heteroatoms. The van der Waals surface area contributed by atoms with Gasteiger partial charge >= 0.3 is 0 Å². The molecule has 1 atom stereocenters. The molecule has 0 saturated carbocycles. The molecule has 0 aromatic heterocycles. The largest absolute Gasteiger partial charge is 0.497 e. The Kier molecular flexibility index (Phi) is 6.66. The quantitative estimate of drug-likeness (QED) is 0.807. The van der Waals surface area contributed by atoms with Gasteiger partial charge in [-0.25, -0.2) is 0 Å². The molecule has 3 rings (SSSR count). The number of amides is 2. The zero-order chi connectivity index (χ0) is 19.9. The number of anilines is 1. The van der Waals surface area contributed by atoms with E-state index in [2.05, 4.69) is 10.6 Å². The van der Waals surface area contributed by atoms with Crippen molar-refractivity contribution in [1.82, 2.24) is 10.2 Å². The molecule has 1 aliphatic heterocycles. The average Bonchev–Trinajstić information content (AvgIpc) is 2.73. The van der Waals surface area contributed by atoms with Gasteiger partial charge in [-0.2, -0.15) is 0 Å². The molecule has 2 amide bonds. The highest BCUT2D eigenvalue weighted by Gasteiger charge is 2.27. The second kappa shape index (κ2) is 9.37. The van der Waals surface area contributed by atoms with Crippen molar-refractivity contribution >= 4 is 17.5 Å². The third-order valence-corrected chi connectivity index (χ3v) is 5.08. The van der Waals surface area contributed by atoms with Crippen LogP contribution in [0.4, 0.5) is 5.69 Å². The van der Waals surface area contributed by atoms with Gasteiger partial charge in [0.15, 0.2) is 0 Å². The highest BCUT2D eigenvalue weighted by molar-refractivity contribution is 5.95. The van der Waals surface area contributed by atoms with Crippen LogP contribution < -0.4 is 15.4 Å².